The molecule has 1 aromatic carbocycles. The van der Waals surface area contributed by atoms with Crippen LogP contribution in [0.5, 0.6) is 0 Å². The fourth-order valence-electron chi connectivity index (χ4n) is 3.07. The van der Waals surface area contributed by atoms with Crippen molar-refractivity contribution < 1.29 is 14.7 Å². The molecule has 1 aliphatic rings. The number of carbonyl (C=O) groups is 2. The van der Waals surface area contributed by atoms with Gasteiger partial charge in [0, 0.05) is 13.1 Å². The van der Waals surface area contributed by atoms with Crippen molar-refractivity contribution in [1.82, 2.24) is 9.80 Å². The first kappa shape index (κ1) is 16.5. The minimum absolute atomic E-state index is 0.0126. The summed E-state index contributed by atoms with van der Waals surface area (Å²) in [6.45, 7) is 6.47. The fourth-order valence-corrected chi connectivity index (χ4v) is 3.07. The summed E-state index contributed by atoms with van der Waals surface area (Å²) in [5.41, 5.74) is 0.968. The number of carbonyl (C=O) groups excluding carboxylic acids is 1. The third kappa shape index (κ3) is 3.47. The largest absolute Gasteiger partial charge is 0.481 e. The Bertz CT molecular complexity index is 514. The van der Waals surface area contributed by atoms with Crippen LogP contribution < -0.4 is 0 Å². The average Bonchev–Trinajstić information content (AvgIpc) is 3.03. The number of rotatable bonds is 6. The number of benzene rings is 1. The molecule has 1 N–H and O–H groups in total. The summed E-state index contributed by atoms with van der Waals surface area (Å²) in [7, 11) is 0. The van der Waals surface area contributed by atoms with E-state index in [1.165, 1.54) is 0 Å². The molecule has 2 rings (SSSR count). The van der Waals surface area contributed by atoms with Gasteiger partial charge in [0.1, 0.15) is 6.04 Å². The minimum Gasteiger partial charge on any atom is -0.481 e. The minimum atomic E-state index is -0.811. The highest BCUT2D eigenvalue weighted by Gasteiger charge is 2.36. The Morgan fingerprint density at radius 3 is 2.41 bits per heavy atom. The van der Waals surface area contributed by atoms with Gasteiger partial charge >= 0.3 is 5.97 Å². The van der Waals surface area contributed by atoms with Crippen LogP contribution in [0.15, 0.2) is 30.3 Å². The summed E-state index contributed by atoms with van der Waals surface area (Å²) in [6.07, 6.45) is 0.542. The molecule has 120 valence electrons. The Balaban J connectivity index is 2.22. The smallest absolute Gasteiger partial charge is 0.308 e. The molecule has 1 aromatic rings. The SMILES string of the molecule is CCN(CC)[C@H](C(=O)N1CC[C@@H](C(=O)O)C1)c1ccccc1. The first-order chi connectivity index (χ1) is 10.6. The van der Waals surface area contributed by atoms with E-state index in [-0.39, 0.29) is 11.9 Å². The van der Waals surface area contributed by atoms with Crippen molar-refractivity contribution >= 4 is 11.9 Å². The highest BCUT2D eigenvalue weighted by molar-refractivity contribution is 5.84. The molecule has 5 heteroatoms. The molecule has 1 fully saturated rings. The summed E-state index contributed by atoms with van der Waals surface area (Å²) in [4.78, 5) is 27.9. The molecule has 1 amide bonds. The molecule has 1 heterocycles. The first-order valence-electron chi connectivity index (χ1n) is 7.89. The molecule has 0 aliphatic carbocycles. The van der Waals surface area contributed by atoms with Gasteiger partial charge in [0.2, 0.25) is 5.91 Å². The van der Waals surface area contributed by atoms with Crippen LogP contribution in [0.25, 0.3) is 0 Å². The fraction of sp³-hybridized carbons (Fsp3) is 0.529. The number of nitrogens with zero attached hydrogens (tertiary/aromatic N) is 2. The normalized spacial score (nSPS) is 19.4. The molecule has 2 atom stereocenters. The predicted octanol–water partition coefficient (Wildman–Crippen LogP) is 2.00. The van der Waals surface area contributed by atoms with E-state index in [4.69, 9.17) is 5.11 Å². The lowest BCUT2D eigenvalue weighted by molar-refractivity contribution is -0.141. The quantitative estimate of drug-likeness (QED) is 0.873. The summed E-state index contributed by atoms with van der Waals surface area (Å²) in [6, 6.07) is 9.40. The number of likely N-dealkylation sites (tertiary alicyclic amines) is 1. The Labute approximate surface area is 131 Å². The maximum atomic E-state index is 13.0. The van der Waals surface area contributed by atoms with E-state index in [0.717, 1.165) is 18.7 Å². The van der Waals surface area contributed by atoms with Crippen LogP contribution in [0.1, 0.15) is 31.9 Å². The highest BCUT2D eigenvalue weighted by atomic mass is 16.4. The monoisotopic (exact) mass is 304 g/mol. The van der Waals surface area contributed by atoms with Crippen LogP contribution >= 0.6 is 0 Å². The number of hydrogen-bond donors (Lipinski definition) is 1. The summed E-state index contributed by atoms with van der Waals surface area (Å²) in [5, 5.41) is 9.12. The number of amides is 1. The van der Waals surface area contributed by atoms with Crippen molar-refractivity contribution in [2.24, 2.45) is 5.92 Å². The lowest BCUT2D eigenvalue weighted by Crippen LogP contribution is -2.42. The molecule has 0 saturated carbocycles. The van der Waals surface area contributed by atoms with E-state index in [9.17, 15) is 9.59 Å². The van der Waals surface area contributed by atoms with Gasteiger partial charge in [0.25, 0.3) is 0 Å². The van der Waals surface area contributed by atoms with Gasteiger partial charge in [-0.25, -0.2) is 0 Å². The lowest BCUT2D eigenvalue weighted by Gasteiger charge is -2.32. The van der Waals surface area contributed by atoms with Gasteiger partial charge in [0.15, 0.2) is 0 Å². The van der Waals surface area contributed by atoms with E-state index in [2.05, 4.69) is 4.90 Å². The molecule has 0 radical (unpaired) electrons. The Morgan fingerprint density at radius 1 is 1.27 bits per heavy atom. The zero-order valence-electron chi connectivity index (χ0n) is 13.2. The van der Waals surface area contributed by atoms with E-state index >= 15 is 0 Å². The van der Waals surface area contributed by atoms with Gasteiger partial charge in [0.05, 0.1) is 5.92 Å². The third-order valence-corrected chi connectivity index (χ3v) is 4.38. The molecular formula is C17H24N2O3. The molecule has 0 bridgehead atoms. The standard InChI is InChI=1S/C17H24N2O3/c1-3-18(4-2)15(13-8-6-5-7-9-13)16(20)19-11-10-14(12-19)17(21)22/h5-9,14-15H,3-4,10-12H2,1-2H3,(H,21,22)/t14-,15+/m1/s1. The van der Waals surface area contributed by atoms with Crippen molar-refractivity contribution in [1.29, 1.82) is 0 Å². The second-order valence-electron chi connectivity index (χ2n) is 5.64. The van der Waals surface area contributed by atoms with Gasteiger partial charge < -0.3 is 10.0 Å². The Hall–Kier alpha value is -1.88. The van der Waals surface area contributed by atoms with Gasteiger partial charge in [-0.05, 0) is 25.1 Å². The molecule has 5 nitrogen and oxygen atoms in total. The van der Waals surface area contributed by atoms with Crippen LogP contribution in [0.2, 0.25) is 0 Å². The maximum Gasteiger partial charge on any atom is 0.308 e. The number of aliphatic carboxylic acids is 1. The lowest BCUT2D eigenvalue weighted by atomic mass is 10.0. The van der Waals surface area contributed by atoms with Gasteiger partial charge in [-0.15, -0.1) is 0 Å². The zero-order chi connectivity index (χ0) is 16.1. The van der Waals surface area contributed by atoms with Crippen LogP contribution in [-0.4, -0.2) is 53.0 Å². The van der Waals surface area contributed by atoms with Crippen molar-refractivity contribution in [2.45, 2.75) is 26.3 Å². The number of carboxylic acids is 1. The summed E-state index contributed by atoms with van der Waals surface area (Å²) < 4.78 is 0. The molecule has 0 spiro atoms. The summed E-state index contributed by atoms with van der Waals surface area (Å²) >= 11 is 0. The molecule has 1 aliphatic heterocycles. The highest BCUT2D eigenvalue weighted by Crippen LogP contribution is 2.26. The molecule has 22 heavy (non-hydrogen) atoms. The van der Waals surface area contributed by atoms with Gasteiger partial charge in [-0.1, -0.05) is 44.2 Å². The van der Waals surface area contributed by atoms with Gasteiger partial charge in [-0.3, -0.25) is 14.5 Å². The zero-order valence-corrected chi connectivity index (χ0v) is 13.2. The van der Waals surface area contributed by atoms with Crippen molar-refractivity contribution in [2.75, 3.05) is 26.2 Å². The van der Waals surface area contributed by atoms with Gasteiger partial charge in [-0.2, -0.15) is 0 Å². The second-order valence-corrected chi connectivity index (χ2v) is 5.64. The number of hydrogen-bond acceptors (Lipinski definition) is 3. The molecule has 0 aromatic heterocycles. The summed E-state index contributed by atoms with van der Waals surface area (Å²) in [5.74, 6) is -1.23. The topological polar surface area (TPSA) is 60.9 Å². The van der Waals surface area contributed by atoms with Crippen molar-refractivity contribution in [3.8, 4) is 0 Å². The van der Waals surface area contributed by atoms with E-state index < -0.39 is 11.9 Å². The maximum absolute atomic E-state index is 13.0. The Morgan fingerprint density at radius 2 is 1.91 bits per heavy atom. The Kier molecular flexibility index (Phi) is 5.55. The number of carboxylic acid groups (broad SMARTS) is 1. The van der Waals surface area contributed by atoms with Crippen LogP contribution in [-0.2, 0) is 9.59 Å². The second kappa shape index (κ2) is 7.40. The number of likely N-dealkylation sites (N-methyl/N-ethyl adjacent to an activating group) is 1. The van der Waals surface area contributed by atoms with Crippen molar-refractivity contribution in [3.63, 3.8) is 0 Å². The molecular weight excluding hydrogens is 280 g/mol. The third-order valence-electron chi connectivity index (χ3n) is 4.38. The predicted molar refractivity (Wildman–Crippen MR) is 84.4 cm³/mol. The molecule has 1 saturated heterocycles. The first-order valence-corrected chi connectivity index (χ1v) is 7.89. The van der Waals surface area contributed by atoms with E-state index in [0.29, 0.717) is 19.5 Å². The van der Waals surface area contributed by atoms with Crippen molar-refractivity contribution in [3.05, 3.63) is 35.9 Å². The van der Waals surface area contributed by atoms with Crippen LogP contribution in [0, 0.1) is 5.92 Å². The molecule has 0 unspecified atom stereocenters. The van der Waals surface area contributed by atoms with Crippen LogP contribution in [0.4, 0.5) is 0 Å². The average molecular weight is 304 g/mol. The van der Waals surface area contributed by atoms with E-state index in [1.807, 2.05) is 44.2 Å². The van der Waals surface area contributed by atoms with Crippen LogP contribution in [0.3, 0.4) is 0 Å². The van der Waals surface area contributed by atoms with E-state index in [1.54, 1.807) is 4.90 Å².